The highest BCUT2D eigenvalue weighted by molar-refractivity contribution is 5.65. The summed E-state index contributed by atoms with van der Waals surface area (Å²) in [5.41, 5.74) is -1.88. The first kappa shape index (κ1) is 25.5. The molecule has 0 spiro atoms. The summed E-state index contributed by atoms with van der Waals surface area (Å²) >= 11 is 0. The Morgan fingerprint density at radius 1 is 0.703 bits per heavy atom. The quantitative estimate of drug-likeness (QED) is 0.237. The summed E-state index contributed by atoms with van der Waals surface area (Å²) in [6, 6.07) is 5.24. The molecule has 0 amide bonds. The molecule has 37 heavy (non-hydrogen) atoms. The van der Waals surface area contributed by atoms with Crippen LogP contribution >= 0.6 is 0 Å². The molecule has 0 N–H and O–H groups in total. The van der Waals surface area contributed by atoms with Gasteiger partial charge in [0.1, 0.15) is 28.8 Å². The van der Waals surface area contributed by atoms with Gasteiger partial charge in [-0.1, -0.05) is 12.1 Å². The van der Waals surface area contributed by atoms with E-state index in [4.69, 9.17) is 4.74 Å². The lowest BCUT2D eigenvalue weighted by molar-refractivity contribution is -0.189. The fourth-order valence-electron chi connectivity index (χ4n) is 4.74. The molecule has 2 nitrogen and oxygen atoms in total. The summed E-state index contributed by atoms with van der Waals surface area (Å²) in [4.78, 5) is 0. The molecule has 0 bridgehead atoms. The topological polar surface area (TPSA) is 18.5 Å². The SMILES string of the molecule is Fc1cc(C2CCC(C3CC3)CO2)ccc1-c1cc(F)c(C(F)(F)Oc2cc(F)c(F)c(F)c2)c(F)c1. The number of ether oxygens (including phenoxy) is 2. The maximum Gasteiger partial charge on any atom is 0.432 e. The van der Waals surface area contributed by atoms with E-state index < -0.39 is 52.3 Å². The van der Waals surface area contributed by atoms with E-state index in [1.807, 2.05) is 0 Å². The highest BCUT2D eigenvalue weighted by atomic mass is 19.3. The van der Waals surface area contributed by atoms with Crippen LogP contribution in [0.4, 0.5) is 35.1 Å². The molecule has 10 heteroatoms. The summed E-state index contributed by atoms with van der Waals surface area (Å²) < 4.78 is 123. The Hall–Kier alpha value is -3.14. The van der Waals surface area contributed by atoms with Crippen LogP contribution in [0, 0.1) is 46.7 Å². The third-order valence-corrected chi connectivity index (χ3v) is 6.81. The molecule has 1 saturated heterocycles. The maximum atomic E-state index is 14.9. The zero-order valence-corrected chi connectivity index (χ0v) is 19.1. The van der Waals surface area contributed by atoms with Crippen molar-refractivity contribution in [3.05, 3.63) is 88.5 Å². The molecule has 2 aliphatic rings. The predicted octanol–water partition coefficient (Wildman–Crippen LogP) is 8.19. The van der Waals surface area contributed by atoms with Crippen molar-refractivity contribution in [2.75, 3.05) is 6.61 Å². The molecular weight excluding hydrogens is 508 g/mol. The number of rotatable bonds is 6. The van der Waals surface area contributed by atoms with Gasteiger partial charge < -0.3 is 9.47 Å². The lowest BCUT2D eigenvalue weighted by atomic mass is 9.91. The van der Waals surface area contributed by atoms with Gasteiger partial charge in [-0.25, -0.2) is 26.3 Å². The van der Waals surface area contributed by atoms with Crippen LogP contribution < -0.4 is 4.74 Å². The van der Waals surface area contributed by atoms with E-state index in [2.05, 4.69) is 4.74 Å². The van der Waals surface area contributed by atoms with Crippen molar-refractivity contribution in [1.29, 1.82) is 0 Å². The van der Waals surface area contributed by atoms with Crippen LogP contribution in [0.1, 0.15) is 42.9 Å². The molecule has 0 radical (unpaired) electrons. The van der Waals surface area contributed by atoms with Crippen molar-refractivity contribution in [1.82, 2.24) is 0 Å². The zero-order chi connectivity index (χ0) is 26.5. The van der Waals surface area contributed by atoms with Crippen molar-refractivity contribution < 1.29 is 44.6 Å². The number of halogens is 8. The smallest absolute Gasteiger partial charge is 0.429 e. The van der Waals surface area contributed by atoms with Crippen LogP contribution in [0.15, 0.2) is 42.5 Å². The van der Waals surface area contributed by atoms with Gasteiger partial charge in [-0.2, -0.15) is 8.78 Å². The molecular formula is C27H20F8O2. The average Bonchev–Trinajstić information content (AvgIpc) is 3.67. The first-order valence-electron chi connectivity index (χ1n) is 11.7. The van der Waals surface area contributed by atoms with Gasteiger partial charge in [0.2, 0.25) is 0 Å². The Morgan fingerprint density at radius 2 is 1.32 bits per heavy atom. The van der Waals surface area contributed by atoms with Gasteiger partial charge in [0.15, 0.2) is 17.5 Å². The van der Waals surface area contributed by atoms with Crippen molar-refractivity contribution in [2.24, 2.45) is 11.8 Å². The van der Waals surface area contributed by atoms with Crippen LogP contribution in [-0.4, -0.2) is 6.61 Å². The molecule has 3 aromatic carbocycles. The molecule has 196 valence electrons. The highest BCUT2D eigenvalue weighted by Gasteiger charge is 2.42. The molecule has 5 rings (SSSR count). The number of alkyl halides is 2. The van der Waals surface area contributed by atoms with Crippen molar-refractivity contribution in [3.8, 4) is 16.9 Å². The van der Waals surface area contributed by atoms with E-state index >= 15 is 0 Å². The van der Waals surface area contributed by atoms with Gasteiger partial charge in [-0.15, -0.1) is 0 Å². The molecule has 2 unspecified atom stereocenters. The van der Waals surface area contributed by atoms with E-state index in [9.17, 15) is 35.1 Å². The Labute approximate surface area is 206 Å². The molecule has 3 aromatic rings. The van der Waals surface area contributed by atoms with Crippen molar-refractivity contribution >= 4 is 0 Å². The first-order chi connectivity index (χ1) is 17.5. The standard InChI is InChI=1S/C27H20F8O2/c28-19-7-14(24-6-4-15(12-36-24)13-1-2-13)3-5-18(19)16-8-20(29)25(21(30)9-16)27(34,35)37-17-10-22(31)26(33)23(32)11-17/h3,5,7-11,13,15,24H,1-2,4,6,12H2. The van der Waals surface area contributed by atoms with Crippen LogP contribution in [0.3, 0.4) is 0 Å². The minimum Gasteiger partial charge on any atom is -0.429 e. The summed E-state index contributed by atoms with van der Waals surface area (Å²) in [7, 11) is 0. The van der Waals surface area contributed by atoms with Gasteiger partial charge in [0, 0.05) is 17.7 Å². The minimum absolute atomic E-state index is 0.107. The highest BCUT2D eigenvalue weighted by Crippen LogP contribution is 2.44. The van der Waals surface area contributed by atoms with Gasteiger partial charge in [0.25, 0.3) is 0 Å². The second-order valence-electron chi connectivity index (χ2n) is 9.37. The minimum atomic E-state index is -4.73. The van der Waals surface area contributed by atoms with E-state index in [0.717, 1.165) is 12.8 Å². The van der Waals surface area contributed by atoms with Crippen LogP contribution in [0.2, 0.25) is 0 Å². The Bertz CT molecular complexity index is 1280. The Kier molecular flexibility index (Phi) is 6.64. The van der Waals surface area contributed by atoms with Gasteiger partial charge >= 0.3 is 6.11 Å². The van der Waals surface area contributed by atoms with Crippen molar-refractivity contribution in [2.45, 2.75) is 37.9 Å². The monoisotopic (exact) mass is 528 g/mol. The van der Waals surface area contributed by atoms with Crippen LogP contribution in [0.25, 0.3) is 11.1 Å². The summed E-state index contributed by atoms with van der Waals surface area (Å²) in [6.45, 7) is 0.587. The fraction of sp³-hybridized carbons (Fsp3) is 0.333. The molecule has 2 atom stereocenters. The third-order valence-electron chi connectivity index (χ3n) is 6.81. The maximum absolute atomic E-state index is 14.9. The molecule has 0 aromatic heterocycles. The van der Waals surface area contributed by atoms with Crippen LogP contribution in [-0.2, 0) is 10.8 Å². The largest absolute Gasteiger partial charge is 0.432 e. The van der Waals surface area contributed by atoms with Gasteiger partial charge in [0.05, 0.1) is 12.7 Å². The lowest BCUT2D eigenvalue weighted by Crippen LogP contribution is -2.25. The summed E-state index contributed by atoms with van der Waals surface area (Å²) in [6.07, 6.45) is -0.960. The fourth-order valence-corrected chi connectivity index (χ4v) is 4.74. The number of hydrogen-bond donors (Lipinski definition) is 0. The van der Waals surface area contributed by atoms with E-state index in [0.29, 0.717) is 36.1 Å². The normalized spacial score (nSPS) is 20.2. The second-order valence-corrected chi connectivity index (χ2v) is 9.37. The molecule has 1 aliphatic heterocycles. The Morgan fingerprint density at radius 3 is 1.86 bits per heavy atom. The lowest BCUT2D eigenvalue weighted by Gasteiger charge is -2.29. The average molecular weight is 528 g/mol. The van der Waals surface area contributed by atoms with E-state index in [1.165, 1.54) is 25.0 Å². The zero-order valence-electron chi connectivity index (χ0n) is 19.1. The first-order valence-corrected chi connectivity index (χ1v) is 11.7. The summed E-state index contributed by atoms with van der Waals surface area (Å²) in [5, 5.41) is 0. The molecule has 1 saturated carbocycles. The van der Waals surface area contributed by atoms with E-state index in [1.54, 1.807) is 6.07 Å². The predicted molar refractivity (Wildman–Crippen MR) is 117 cm³/mol. The van der Waals surface area contributed by atoms with Gasteiger partial charge in [-0.05, 0) is 66.8 Å². The molecule has 2 fully saturated rings. The third kappa shape index (κ3) is 5.16. The van der Waals surface area contributed by atoms with Gasteiger partial charge in [-0.3, -0.25) is 0 Å². The Balaban J connectivity index is 1.37. The second kappa shape index (κ2) is 9.63. The van der Waals surface area contributed by atoms with Crippen LogP contribution in [0.5, 0.6) is 5.75 Å². The molecule has 1 aliphatic carbocycles. The summed E-state index contributed by atoms with van der Waals surface area (Å²) in [5.74, 6) is -9.97. The van der Waals surface area contributed by atoms with E-state index in [-0.39, 0.29) is 29.4 Å². The van der Waals surface area contributed by atoms with Crippen molar-refractivity contribution in [3.63, 3.8) is 0 Å². The molecule has 1 heterocycles. The number of hydrogen-bond acceptors (Lipinski definition) is 2. The number of benzene rings is 3.